The maximum atomic E-state index is 10.5. The van der Waals surface area contributed by atoms with Crippen LogP contribution in [0.15, 0.2) is 12.2 Å². The van der Waals surface area contributed by atoms with Crippen molar-refractivity contribution in [2.45, 2.75) is 76.9 Å². The number of hydrogen-bond acceptors (Lipinski definition) is 4. The molecule has 5 nitrogen and oxygen atoms in total. The van der Waals surface area contributed by atoms with Gasteiger partial charge in [0.1, 0.15) is 6.61 Å². The Bertz CT molecular complexity index is 533. The summed E-state index contributed by atoms with van der Waals surface area (Å²) in [7, 11) is 0. The van der Waals surface area contributed by atoms with Crippen LogP contribution >= 0.6 is 0 Å². The lowest BCUT2D eigenvalue weighted by Crippen LogP contribution is -2.19. The smallest absolute Gasteiger partial charge is 0.329 e. The summed E-state index contributed by atoms with van der Waals surface area (Å²) in [6.45, 7) is 2.54. The molecule has 0 spiro atoms. The standard InChI is InChI=1S/C23H38O5/c1-2-15-3-4-16(9-15)11-19(24)5-6-20-21-12-17(7-8-28-14-23(26)27)10-18(21)13-22(20)25/h5-6,15-22,24-25H,2-4,7-14H2,1H3,(H,26,27)/t15-,16-,17?,18-,19?,20+,21-,22+/m1/s1. The minimum absolute atomic E-state index is 0.150. The van der Waals surface area contributed by atoms with E-state index in [9.17, 15) is 15.0 Å². The van der Waals surface area contributed by atoms with Gasteiger partial charge in [-0.3, -0.25) is 0 Å². The van der Waals surface area contributed by atoms with Gasteiger partial charge in [0.2, 0.25) is 0 Å². The predicted molar refractivity (Wildman–Crippen MR) is 108 cm³/mol. The Kier molecular flexibility index (Phi) is 7.95. The van der Waals surface area contributed by atoms with Crippen molar-refractivity contribution in [1.82, 2.24) is 0 Å². The van der Waals surface area contributed by atoms with Gasteiger partial charge in [-0.2, -0.15) is 0 Å². The van der Waals surface area contributed by atoms with Crippen LogP contribution in [-0.4, -0.2) is 46.7 Å². The number of aliphatic hydroxyl groups excluding tert-OH is 2. The molecule has 0 saturated heterocycles. The van der Waals surface area contributed by atoms with Crippen LogP contribution in [0.5, 0.6) is 0 Å². The van der Waals surface area contributed by atoms with Crippen molar-refractivity contribution in [1.29, 1.82) is 0 Å². The molecule has 3 aliphatic rings. The molecule has 0 aromatic carbocycles. The van der Waals surface area contributed by atoms with E-state index in [0.29, 0.717) is 30.3 Å². The maximum absolute atomic E-state index is 10.5. The minimum atomic E-state index is -0.919. The molecule has 28 heavy (non-hydrogen) atoms. The molecule has 160 valence electrons. The van der Waals surface area contributed by atoms with E-state index in [1.165, 1.54) is 25.7 Å². The third kappa shape index (κ3) is 5.80. The Labute approximate surface area is 169 Å². The molecule has 3 N–H and O–H groups in total. The van der Waals surface area contributed by atoms with Gasteiger partial charge >= 0.3 is 5.97 Å². The van der Waals surface area contributed by atoms with Crippen LogP contribution in [0, 0.1) is 35.5 Å². The molecular weight excluding hydrogens is 356 g/mol. The molecule has 0 aromatic rings. The van der Waals surface area contributed by atoms with E-state index in [4.69, 9.17) is 9.84 Å². The second-order valence-electron chi connectivity index (χ2n) is 9.52. The summed E-state index contributed by atoms with van der Waals surface area (Å²) >= 11 is 0. The van der Waals surface area contributed by atoms with Crippen LogP contribution < -0.4 is 0 Å². The van der Waals surface area contributed by atoms with Crippen LogP contribution in [0.3, 0.4) is 0 Å². The zero-order chi connectivity index (χ0) is 20.1. The van der Waals surface area contributed by atoms with E-state index >= 15 is 0 Å². The lowest BCUT2D eigenvalue weighted by Gasteiger charge is -2.20. The molecule has 2 unspecified atom stereocenters. The maximum Gasteiger partial charge on any atom is 0.329 e. The van der Waals surface area contributed by atoms with Crippen LogP contribution in [-0.2, 0) is 9.53 Å². The average Bonchev–Trinajstić information content (AvgIpc) is 3.32. The van der Waals surface area contributed by atoms with Crippen molar-refractivity contribution in [3.8, 4) is 0 Å². The number of fused-ring (bicyclic) bond motifs is 1. The average molecular weight is 395 g/mol. The normalized spacial score (nSPS) is 38.9. The molecule has 0 radical (unpaired) electrons. The van der Waals surface area contributed by atoms with Gasteiger partial charge in [0.05, 0.1) is 12.2 Å². The zero-order valence-electron chi connectivity index (χ0n) is 17.2. The van der Waals surface area contributed by atoms with Crippen molar-refractivity contribution >= 4 is 5.97 Å². The number of carboxylic acid groups (broad SMARTS) is 1. The predicted octanol–water partition coefficient (Wildman–Crippen LogP) is 3.63. The van der Waals surface area contributed by atoms with Gasteiger partial charge in [0, 0.05) is 12.5 Å². The SMILES string of the molecule is CC[C@@H]1CC[C@@H](CC(O)C=C[C@H]2[C@@H]3CC(CCOCC(=O)O)C[C@@H]3C[C@@H]2O)C1. The topological polar surface area (TPSA) is 87.0 Å². The molecular formula is C23H38O5. The molecule has 0 bridgehead atoms. The Morgan fingerprint density at radius 2 is 1.93 bits per heavy atom. The second-order valence-corrected chi connectivity index (χ2v) is 9.52. The highest BCUT2D eigenvalue weighted by Gasteiger charge is 2.46. The first-order valence-electron chi connectivity index (χ1n) is 11.3. The van der Waals surface area contributed by atoms with E-state index in [0.717, 1.165) is 38.0 Å². The van der Waals surface area contributed by atoms with Gasteiger partial charge in [-0.1, -0.05) is 38.3 Å². The van der Waals surface area contributed by atoms with Gasteiger partial charge in [0.15, 0.2) is 0 Å². The summed E-state index contributed by atoms with van der Waals surface area (Å²) in [5.41, 5.74) is 0. The molecule has 3 rings (SSSR count). The van der Waals surface area contributed by atoms with Crippen molar-refractivity contribution in [3.63, 3.8) is 0 Å². The minimum Gasteiger partial charge on any atom is -0.480 e. The molecule has 3 saturated carbocycles. The summed E-state index contributed by atoms with van der Waals surface area (Å²) in [4.78, 5) is 10.5. The van der Waals surface area contributed by atoms with Crippen molar-refractivity contribution in [2.75, 3.05) is 13.2 Å². The fraction of sp³-hybridized carbons (Fsp3) is 0.870. The highest BCUT2D eigenvalue weighted by molar-refractivity contribution is 5.67. The van der Waals surface area contributed by atoms with Gasteiger partial charge < -0.3 is 20.1 Å². The lowest BCUT2D eigenvalue weighted by molar-refractivity contribution is -0.142. The largest absolute Gasteiger partial charge is 0.480 e. The summed E-state index contributed by atoms with van der Waals surface area (Å²) in [6, 6.07) is 0. The van der Waals surface area contributed by atoms with Gasteiger partial charge in [-0.15, -0.1) is 0 Å². The molecule has 3 fully saturated rings. The molecule has 0 aromatic heterocycles. The van der Waals surface area contributed by atoms with E-state index in [1.807, 2.05) is 6.08 Å². The number of aliphatic hydroxyl groups is 2. The number of carbonyl (C=O) groups is 1. The molecule has 0 aliphatic heterocycles. The van der Waals surface area contributed by atoms with Gasteiger partial charge in [-0.05, 0) is 68.1 Å². The molecule has 0 amide bonds. The molecule has 8 atom stereocenters. The van der Waals surface area contributed by atoms with Crippen LogP contribution in [0.1, 0.15) is 64.7 Å². The van der Waals surface area contributed by atoms with Gasteiger partial charge in [0.25, 0.3) is 0 Å². The van der Waals surface area contributed by atoms with Crippen molar-refractivity contribution < 1.29 is 24.9 Å². The Balaban J connectivity index is 1.43. The molecule has 5 heteroatoms. The quantitative estimate of drug-likeness (QED) is 0.389. The third-order valence-electron chi connectivity index (χ3n) is 7.58. The number of rotatable bonds is 10. The Morgan fingerprint density at radius 3 is 2.64 bits per heavy atom. The monoisotopic (exact) mass is 394 g/mol. The van der Waals surface area contributed by atoms with Gasteiger partial charge in [-0.25, -0.2) is 4.79 Å². The van der Waals surface area contributed by atoms with Crippen LogP contribution in [0.4, 0.5) is 0 Å². The van der Waals surface area contributed by atoms with Crippen LogP contribution in [0.2, 0.25) is 0 Å². The molecule has 3 aliphatic carbocycles. The fourth-order valence-corrected chi connectivity index (χ4v) is 6.13. The van der Waals surface area contributed by atoms with E-state index in [1.54, 1.807) is 0 Å². The fourth-order valence-electron chi connectivity index (χ4n) is 6.13. The molecule has 0 heterocycles. The number of ether oxygens (including phenoxy) is 1. The third-order valence-corrected chi connectivity index (χ3v) is 7.58. The van der Waals surface area contributed by atoms with Crippen molar-refractivity contribution in [2.24, 2.45) is 35.5 Å². The number of carboxylic acids is 1. The zero-order valence-corrected chi connectivity index (χ0v) is 17.2. The summed E-state index contributed by atoms with van der Waals surface area (Å²) in [6.07, 6.45) is 13.2. The Hall–Kier alpha value is -0.910. The van der Waals surface area contributed by atoms with E-state index < -0.39 is 12.1 Å². The van der Waals surface area contributed by atoms with Crippen molar-refractivity contribution in [3.05, 3.63) is 12.2 Å². The first kappa shape index (κ1) is 21.8. The summed E-state index contributed by atoms with van der Waals surface area (Å²) in [5, 5.41) is 29.6. The lowest BCUT2D eigenvalue weighted by atomic mass is 9.89. The first-order valence-corrected chi connectivity index (χ1v) is 11.3. The first-order chi connectivity index (χ1) is 13.5. The van der Waals surface area contributed by atoms with Crippen LogP contribution in [0.25, 0.3) is 0 Å². The number of hydrogen-bond donors (Lipinski definition) is 3. The summed E-state index contributed by atoms with van der Waals surface area (Å²) < 4.78 is 5.19. The second kappa shape index (κ2) is 10.2. The highest BCUT2D eigenvalue weighted by Crippen LogP contribution is 2.51. The Morgan fingerprint density at radius 1 is 1.14 bits per heavy atom. The summed E-state index contributed by atoms with van der Waals surface area (Å²) in [5.74, 6) is 2.31. The van der Waals surface area contributed by atoms with E-state index in [2.05, 4.69) is 13.0 Å². The number of aliphatic carboxylic acids is 1. The van der Waals surface area contributed by atoms with E-state index in [-0.39, 0.29) is 18.6 Å². The highest BCUT2D eigenvalue weighted by atomic mass is 16.5.